The van der Waals surface area contributed by atoms with Crippen molar-refractivity contribution >= 4 is 24.0 Å². The molecular weight excluding hydrogens is 212 g/mol. The highest BCUT2D eigenvalue weighted by Gasteiger charge is 2.30. The Bertz CT molecular complexity index is 242. The minimum absolute atomic E-state index is 0.0591. The first kappa shape index (κ1) is 12.5. The van der Waals surface area contributed by atoms with Crippen molar-refractivity contribution in [3.63, 3.8) is 0 Å². The summed E-state index contributed by atoms with van der Waals surface area (Å²) in [6, 6.07) is -0.119. The summed E-state index contributed by atoms with van der Waals surface area (Å²) >= 11 is 1.55. The van der Waals surface area contributed by atoms with Gasteiger partial charge in [0.05, 0.1) is 6.04 Å². The molecule has 0 saturated carbocycles. The summed E-state index contributed by atoms with van der Waals surface area (Å²) in [4.78, 5) is 22.7. The third kappa shape index (κ3) is 3.50. The van der Waals surface area contributed by atoms with Crippen LogP contribution in [0, 0.1) is 0 Å². The van der Waals surface area contributed by atoms with Crippen molar-refractivity contribution in [2.45, 2.75) is 31.3 Å². The van der Waals surface area contributed by atoms with Crippen LogP contribution in [-0.4, -0.2) is 42.3 Å². The molecule has 15 heavy (non-hydrogen) atoms. The predicted molar refractivity (Wildman–Crippen MR) is 62.0 cm³/mol. The average Bonchev–Trinajstić information content (AvgIpc) is 2.71. The van der Waals surface area contributed by atoms with Gasteiger partial charge in [0, 0.05) is 5.75 Å². The summed E-state index contributed by atoms with van der Waals surface area (Å²) in [6.45, 7) is 2.64. The van der Waals surface area contributed by atoms with E-state index in [4.69, 9.17) is 0 Å². The lowest BCUT2D eigenvalue weighted by Gasteiger charge is -2.25. The van der Waals surface area contributed by atoms with Gasteiger partial charge in [0.25, 0.3) is 0 Å². The minimum atomic E-state index is -0.735. The van der Waals surface area contributed by atoms with Gasteiger partial charge < -0.3 is 15.4 Å². The molecular formula is C10H18N2O2S. The maximum atomic E-state index is 11.8. The fraction of sp³-hybridized carbons (Fsp3) is 0.800. The Labute approximate surface area is 94.6 Å². The Morgan fingerprint density at radius 1 is 1.73 bits per heavy atom. The van der Waals surface area contributed by atoms with Crippen LogP contribution in [-0.2, 0) is 9.59 Å². The zero-order valence-electron chi connectivity index (χ0n) is 9.21. The summed E-state index contributed by atoms with van der Waals surface area (Å²) in [6.07, 6.45) is 4.62. The van der Waals surface area contributed by atoms with Crippen LogP contribution in [0.4, 0.5) is 0 Å². The van der Waals surface area contributed by atoms with Crippen molar-refractivity contribution in [2.75, 3.05) is 18.6 Å². The number of nitrogens with one attached hydrogen (secondary N) is 2. The van der Waals surface area contributed by atoms with Gasteiger partial charge in [0.2, 0.25) is 5.91 Å². The van der Waals surface area contributed by atoms with Gasteiger partial charge in [-0.05, 0) is 32.6 Å². The van der Waals surface area contributed by atoms with Crippen LogP contribution in [0.3, 0.4) is 0 Å². The predicted octanol–water partition coefficient (Wildman–Crippen LogP) is 0.175. The van der Waals surface area contributed by atoms with Gasteiger partial charge >= 0.3 is 0 Å². The van der Waals surface area contributed by atoms with E-state index >= 15 is 0 Å². The molecule has 0 aromatic carbocycles. The summed E-state index contributed by atoms with van der Waals surface area (Å²) in [5, 5.41) is 5.91. The number of amides is 1. The van der Waals surface area contributed by atoms with Crippen molar-refractivity contribution in [1.82, 2.24) is 10.6 Å². The number of aldehydes is 1. The van der Waals surface area contributed by atoms with Crippen molar-refractivity contribution < 1.29 is 9.59 Å². The van der Waals surface area contributed by atoms with Crippen LogP contribution >= 0.6 is 11.8 Å². The molecule has 1 fully saturated rings. The van der Waals surface area contributed by atoms with E-state index in [1.807, 2.05) is 6.26 Å². The van der Waals surface area contributed by atoms with E-state index in [1.54, 1.807) is 18.7 Å². The topological polar surface area (TPSA) is 58.2 Å². The highest BCUT2D eigenvalue weighted by Crippen LogP contribution is 2.11. The van der Waals surface area contributed by atoms with E-state index in [0.717, 1.165) is 25.7 Å². The van der Waals surface area contributed by atoms with Gasteiger partial charge in [-0.25, -0.2) is 0 Å². The van der Waals surface area contributed by atoms with E-state index in [9.17, 15) is 9.59 Å². The second-order valence-electron chi connectivity index (χ2n) is 4.11. The Hall–Kier alpha value is -0.550. The maximum absolute atomic E-state index is 11.8. The van der Waals surface area contributed by atoms with Crippen LogP contribution in [0.5, 0.6) is 0 Å². The Morgan fingerprint density at radius 3 is 2.93 bits per heavy atom. The fourth-order valence-electron chi connectivity index (χ4n) is 1.68. The van der Waals surface area contributed by atoms with E-state index < -0.39 is 5.54 Å². The fourth-order valence-corrected chi connectivity index (χ4v) is 2.42. The largest absolute Gasteiger partial charge is 0.342 e. The third-order valence-corrected chi connectivity index (χ3v) is 3.38. The Morgan fingerprint density at radius 2 is 2.47 bits per heavy atom. The molecule has 1 saturated heterocycles. The molecule has 2 N–H and O–H groups in total. The van der Waals surface area contributed by atoms with Crippen molar-refractivity contribution in [1.29, 1.82) is 0 Å². The van der Waals surface area contributed by atoms with Crippen LogP contribution in [0.25, 0.3) is 0 Å². The molecule has 0 radical (unpaired) electrons. The Balaban J connectivity index is 2.50. The number of thioether (sulfide) groups is 1. The maximum Gasteiger partial charge on any atom is 0.237 e. The van der Waals surface area contributed by atoms with Gasteiger partial charge in [-0.15, -0.1) is 0 Å². The number of rotatable bonds is 5. The first-order valence-electron chi connectivity index (χ1n) is 5.12. The zero-order chi connectivity index (χ0) is 11.3. The van der Waals surface area contributed by atoms with E-state index in [1.165, 1.54) is 0 Å². The molecule has 5 heteroatoms. The molecule has 1 heterocycles. The molecule has 0 bridgehead atoms. The molecule has 4 nitrogen and oxygen atoms in total. The van der Waals surface area contributed by atoms with E-state index in [-0.39, 0.29) is 11.9 Å². The van der Waals surface area contributed by atoms with Gasteiger partial charge in [-0.1, -0.05) is 0 Å². The molecule has 1 rings (SSSR count). The molecule has 2 atom stereocenters. The van der Waals surface area contributed by atoms with Crippen LogP contribution in [0.1, 0.15) is 19.8 Å². The first-order chi connectivity index (χ1) is 7.11. The quantitative estimate of drug-likeness (QED) is 0.661. The third-order valence-electron chi connectivity index (χ3n) is 2.49. The normalized spacial score (nSPS) is 24.5. The van der Waals surface area contributed by atoms with Crippen LogP contribution in [0.15, 0.2) is 0 Å². The summed E-state index contributed by atoms with van der Waals surface area (Å²) in [5.74, 6) is 0.547. The Kier molecular flexibility index (Phi) is 4.60. The summed E-state index contributed by atoms with van der Waals surface area (Å²) in [5.41, 5.74) is -0.735. The first-order valence-corrected chi connectivity index (χ1v) is 6.51. The highest BCUT2D eigenvalue weighted by molar-refractivity contribution is 7.98. The summed E-state index contributed by atoms with van der Waals surface area (Å²) in [7, 11) is 0. The van der Waals surface area contributed by atoms with Crippen LogP contribution < -0.4 is 10.6 Å². The molecule has 2 unspecified atom stereocenters. The number of hydrogen-bond donors (Lipinski definition) is 2. The van der Waals surface area contributed by atoms with E-state index in [0.29, 0.717) is 5.75 Å². The van der Waals surface area contributed by atoms with Crippen molar-refractivity contribution in [3.8, 4) is 0 Å². The lowest BCUT2D eigenvalue weighted by atomic mass is 10.1. The molecule has 0 aromatic rings. The molecule has 1 aliphatic rings. The zero-order valence-corrected chi connectivity index (χ0v) is 10.0. The second kappa shape index (κ2) is 5.51. The van der Waals surface area contributed by atoms with Gasteiger partial charge in [0.1, 0.15) is 11.8 Å². The second-order valence-corrected chi connectivity index (χ2v) is 4.97. The number of carbonyl (C=O) groups excluding carboxylic acids is 2. The van der Waals surface area contributed by atoms with Gasteiger partial charge in [-0.2, -0.15) is 11.8 Å². The van der Waals surface area contributed by atoms with Gasteiger partial charge in [-0.3, -0.25) is 4.79 Å². The standard InChI is InChI=1S/C10H18N2O2S/c1-10(6-13,7-15-2)12-9(14)8-4-3-5-11-8/h6,8,11H,3-5,7H2,1-2H3,(H,12,14). The molecule has 0 aliphatic carbocycles. The summed E-state index contributed by atoms with van der Waals surface area (Å²) < 4.78 is 0. The smallest absolute Gasteiger partial charge is 0.237 e. The molecule has 0 spiro atoms. The highest BCUT2D eigenvalue weighted by atomic mass is 32.2. The number of carbonyl (C=O) groups is 2. The lowest BCUT2D eigenvalue weighted by molar-refractivity contribution is -0.127. The van der Waals surface area contributed by atoms with Crippen molar-refractivity contribution in [3.05, 3.63) is 0 Å². The van der Waals surface area contributed by atoms with Crippen molar-refractivity contribution in [2.24, 2.45) is 0 Å². The molecule has 1 amide bonds. The lowest BCUT2D eigenvalue weighted by Crippen LogP contribution is -2.54. The van der Waals surface area contributed by atoms with Gasteiger partial charge in [0.15, 0.2) is 0 Å². The monoisotopic (exact) mass is 230 g/mol. The van der Waals surface area contributed by atoms with E-state index in [2.05, 4.69) is 10.6 Å². The minimum Gasteiger partial charge on any atom is -0.342 e. The molecule has 86 valence electrons. The SMILES string of the molecule is CSCC(C)(C=O)NC(=O)C1CCCN1. The van der Waals surface area contributed by atoms with Crippen LogP contribution in [0.2, 0.25) is 0 Å². The number of hydrogen-bond acceptors (Lipinski definition) is 4. The molecule has 1 aliphatic heterocycles. The average molecular weight is 230 g/mol. The molecule has 0 aromatic heterocycles.